The number of benzene rings is 1. The number of aromatic hydroxyl groups is 1. The second kappa shape index (κ2) is 10.1. The number of hydrogen-bond donors (Lipinski definition) is 2. The second-order valence-corrected chi connectivity index (χ2v) is 5.99. The zero-order chi connectivity index (χ0) is 17.2. The molecular formula is C19H30O4. The molecule has 0 atom stereocenters. The Bertz CT molecular complexity index is 509. The van der Waals surface area contributed by atoms with Gasteiger partial charge in [0, 0.05) is 5.56 Å². The summed E-state index contributed by atoms with van der Waals surface area (Å²) in [5.74, 6) is 0.139. The van der Waals surface area contributed by atoms with E-state index in [1.807, 2.05) is 13.0 Å². The topological polar surface area (TPSA) is 66.8 Å². The molecule has 0 aliphatic rings. The third-order valence-electron chi connectivity index (χ3n) is 4.18. The molecule has 0 aromatic heterocycles. The molecule has 0 saturated heterocycles. The van der Waals surface area contributed by atoms with Crippen molar-refractivity contribution in [3.63, 3.8) is 0 Å². The molecule has 1 aromatic carbocycles. The first-order chi connectivity index (χ1) is 11.0. The van der Waals surface area contributed by atoms with E-state index in [4.69, 9.17) is 9.84 Å². The minimum atomic E-state index is -1.38. The van der Waals surface area contributed by atoms with E-state index >= 15 is 0 Å². The average molecular weight is 322 g/mol. The smallest absolute Gasteiger partial charge is 0.504 e. The monoisotopic (exact) mass is 322 g/mol. The number of carbonyl (C=O) groups is 1. The van der Waals surface area contributed by atoms with Gasteiger partial charge in [0.2, 0.25) is 0 Å². The van der Waals surface area contributed by atoms with Crippen molar-refractivity contribution in [3.8, 4) is 11.5 Å². The lowest BCUT2D eigenvalue weighted by atomic mass is 9.92. The Morgan fingerprint density at radius 3 is 2.13 bits per heavy atom. The highest BCUT2D eigenvalue weighted by molar-refractivity contribution is 5.66. The number of carboxylic acid groups (broad SMARTS) is 1. The molecule has 0 aliphatic heterocycles. The van der Waals surface area contributed by atoms with Gasteiger partial charge in [-0.25, -0.2) is 4.79 Å². The summed E-state index contributed by atoms with van der Waals surface area (Å²) in [6.45, 7) is 6.25. The van der Waals surface area contributed by atoms with E-state index in [9.17, 15) is 9.90 Å². The van der Waals surface area contributed by atoms with Crippen molar-refractivity contribution < 1.29 is 19.7 Å². The molecule has 1 aromatic rings. The van der Waals surface area contributed by atoms with Gasteiger partial charge in [-0.1, -0.05) is 52.5 Å². The van der Waals surface area contributed by atoms with Crippen molar-refractivity contribution in [1.82, 2.24) is 0 Å². The van der Waals surface area contributed by atoms with Gasteiger partial charge in [0.1, 0.15) is 0 Å². The van der Waals surface area contributed by atoms with E-state index in [2.05, 4.69) is 13.8 Å². The molecule has 0 heterocycles. The zero-order valence-corrected chi connectivity index (χ0v) is 14.7. The van der Waals surface area contributed by atoms with Crippen molar-refractivity contribution in [2.45, 2.75) is 78.6 Å². The molecule has 0 amide bonds. The summed E-state index contributed by atoms with van der Waals surface area (Å²) in [5.41, 5.74) is 2.76. The summed E-state index contributed by atoms with van der Waals surface area (Å²) in [5, 5.41) is 19.5. The molecule has 0 radical (unpaired) electrons. The Balaban J connectivity index is 3.18. The Hall–Kier alpha value is -1.71. The van der Waals surface area contributed by atoms with Crippen LogP contribution in [-0.2, 0) is 19.3 Å². The van der Waals surface area contributed by atoms with E-state index < -0.39 is 6.16 Å². The maximum absolute atomic E-state index is 10.9. The van der Waals surface area contributed by atoms with E-state index in [0.29, 0.717) is 6.42 Å². The van der Waals surface area contributed by atoms with Gasteiger partial charge in [-0.2, -0.15) is 0 Å². The standard InChI is InChI=1S/C19H30O4/c1-4-7-9-11-15-13-14(6-3)18(23-19(21)22)17(20)16(15)12-10-8-5-2/h13,20H,4-12H2,1-3H3,(H,21,22). The Kier molecular flexibility index (Phi) is 8.52. The van der Waals surface area contributed by atoms with Crippen molar-refractivity contribution in [2.24, 2.45) is 0 Å². The number of rotatable bonds is 10. The summed E-state index contributed by atoms with van der Waals surface area (Å²) in [6.07, 6.45) is 7.52. The predicted octanol–water partition coefficient (Wildman–Crippen LogP) is 5.48. The zero-order valence-electron chi connectivity index (χ0n) is 14.7. The summed E-state index contributed by atoms with van der Waals surface area (Å²) in [7, 11) is 0. The SMILES string of the molecule is CCCCCc1cc(CC)c(OC(=O)O)c(O)c1CCCCC. The van der Waals surface area contributed by atoms with E-state index in [1.54, 1.807) is 0 Å². The van der Waals surface area contributed by atoms with Gasteiger partial charge in [-0.05, 0) is 43.2 Å². The average Bonchev–Trinajstić information content (AvgIpc) is 2.52. The molecule has 0 fully saturated rings. The molecule has 0 saturated carbocycles. The van der Waals surface area contributed by atoms with Crippen LogP contribution in [0.15, 0.2) is 6.07 Å². The number of phenolic OH excluding ortho intramolecular Hbond substituents is 1. The lowest BCUT2D eigenvalue weighted by molar-refractivity contribution is 0.142. The molecule has 4 heteroatoms. The summed E-state index contributed by atoms with van der Waals surface area (Å²) in [6, 6.07) is 2.02. The van der Waals surface area contributed by atoms with E-state index in [-0.39, 0.29) is 11.5 Å². The van der Waals surface area contributed by atoms with Crippen LogP contribution in [0.25, 0.3) is 0 Å². The largest absolute Gasteiger partial charge is 0.511 e. The van der Waals surface area contributed by atoms with Gasteiger partial charge >= 0.3 is 6.16 Å². The number of hydrogen-bond acceptors (Lipinski definition) is 3. The van der Waals surface area contributed by atoms with Crippen molar-refractivity contribution in [3.05, 3.63) is 22.8 Å². The highest BCUT2D eigenvalue weighted by Crippen LogP contribution is 2.38. The molecule has 1 rings (SSSR count). The van der Waals surface area contributed by atoms with Crippen LogP contribution in [0.3, 0.4) is 0 Å². The normalized spacial score (nSPS) is 10.7. The van der Waals surface area contributed by atoms with Crippen LogP contribution in [0, 0.1) is 0 Å². The number of ether oxygens (including phenoxy) is 1. The highest BCUT2D eigenvalue weighted by Gasteiger charge is 2.19. The molecule has 0 bridgehead atoms. The highest BCUT2D eigenvalue weighted by atomic mass is 16.7. The van der Waals surface area contributed by atoms with Crippen LogP contribution >= 0.6 is 0 Å². The fraction of sp³-hybridized carbons (Fsp3) is 0.632. The summed E-state index contributed by atoms with van der Waals surface area (Å²) in [4.78, 5) is 10.9. The van der Waals surface area contributed by atoms with Crippen molar-refractivity contribution >= 4 is 6.16 Å². The van der Waals surface area contributed by atoms with Crippen LogP contribution in [-0.4, -0.2) is 16.4 Å². The van der Waals surface area contributed by atoms with Gasteiger partial charge in [-0.15, -0.1) is 0 Å². The van der Waals surface area contributed by atoms with Gasteiger partial charge in [-0.3, -0.25) is 0 Å². The third kappa shape index (κ3) is 5.77. The van der Waals surface area contributed by atoms with Crippen molar-refractivity contribution in [2.75, 3.05) is 0 Å². The molecule has 130 valence electrons. The van der Waals surface area contributed by atoms with E-state index in [0.717, 1.165) is 68.1 Å². The first-order valence-corrected chi connectivity index (χ1v) is 8.82. The number of unbranched alkanes of at least 4 members (excludes halogenated alkanes) is 4. The quantitative estimate of drug-likeness (QED) is 0.340. The molecule has 0 unspecified atom stereocenters. The van der Waals surface area contributed by atoms with Crippen LogP contribution in [0.1, 0.15) is 76.0 Å². The first-order valence-electron chi connectivity index (χ1n) is 8.82. The van der Waals surface area contributed by atoms with Crippen LogP contribution in [0.5, 0.6) is 11.5 Å². The fourth-order valence-corrected chi connectivity index (χ4v) is 2.89. The third-order valence-corrected chi connectivity index (χ3v) is 4.18. The van der Waals surface area contributed by atoms with Gasteiger partial charge in [0.15, 0.2) is 11.5 Å². The summed E-state index contributed by atoms with van der Waals surface area (Å²) >= 11 is 0. The molecular weight excluding hydrogens is 292 g/mol. The molecule has 0 spiro atoms. The van der Waals surface area contributed by atoms with Crippen molar-refractivity contribution in [1.29, 1.82) is 0 Å². The maximum atomic E-state index is 10.9. The van der Waals surface area contributed by atoms with Crippen LogP contribution in [0.2, 0.25) is 0 Å². The molecule has 23 heavy (non-hydrogen) atoms. The van der Waals surface area contributed by atoms with Crippen LogP contribution in [0.4, 0.5) is 4.79 Å². The molecule has 4 nitrogen and oxygen atoms in total. The second-order valence-electron chi connectivity index (χ2n) is 5.99. The Morgan fingerprint density at radius 1 is 1.00 bits per heavy atom. The molecule has 0 aliphatic carbocycles. The lowest BCUT2D eigenvalue weighted by Gasteiger charge is -2.17. The van der Waals surface area contributed by atoms with E-state index in [1.165, 1.54) is 0 Å². The maximum Gasteiger partial charge on any atom is 0.511 e. The lowest BCUT2D eigenvalue weighted by Crippen LogP contribution is -2.08. The number of aryl methyl sites for hydroxylation is 2. The first kappa shape index (κ1) is 19.3. The fourth-order valence-electron chi connectivity index (χ4n) is 2.89. The Morgan fingerprint density at radius 2 is 1.61 bits per heavy atom. The number of phenols is 1. The summed E-state index contributed by atoms with van der Waals surface area (Å²) < 4.78 is 4.86. The van der Waals surface area contributed by atoms with Crippen LogP contribution < -0.4 is 4.74 Å². The Labute approximate surface area is 139 Å². The van der Waals surface area contributed by atoms with Gasteiger partial charge in [0.25, 0.3) is 0 Å². The predicted molar refractivity (Wildman–Crippen MR) is 92.6 cm³/mol. The van der Waals surface area contributed by atoms with Gasteiger partial charge < -0.3 is 14.9 Å². The minimum Gasteiger partial charge on any atom is -0.504 e. The molecule has 2 N–H and O–H groups in total. The minimum absolute atomic E-state index is 0.0225. The van der Waals surface area contributed by atoms with Gasteiger partial charge in [0.05, 0.1) is 0 Å².